The minimum Gasteiger partial charge on any atom is -0.479 e. The molecule has 0 aromatic rings. The van der Waals surface area contributed by atoms with E-state index in [9.17, 15) is 9.90 Å². The molecule has 0 bridgehead atoms. The molecular formula is C14H22O8. The van der Waals surface area contributed by atoms with Crippen LogP contribution < -0.4 is 0 Å². The largest absolute Gasteiger partial charge is 0.479 e. The van der Waals surface area contributed by atoms with Crippen molar-refractivity contribution in [2.24, 2.45) is 0 Å². The summed E-state index contributed by atoms with van der Waals surface area (Å²) >= 11 is 0. The van der Waals surface area contributed by atoms with Crippen LogP contribution in [0.15, 0.2) is 0 Å². The number of hydrogen-bond donors (Lipinski definition) is 1. The highest BCUT2D eigenvalue weighted by atomic mass is 16.7. The number of carboxylic acids is 1. The van der Waals surface area contributed by atoms with Crippen LogP contribution in [0.4, 0.5) is 0 Å². The van der Waals surface area contributed by atoms with Gasteiger partial charge in [-0.25, -0.2) is 4.79 Å². The first-order valence-electron chi connectivity index (χ1n) is 6.73. The molecule has 22 heavy (non-hydrogen) atoms. The van der Waals surface area contributed by atoms with Gasteiger partial charge in [-0.1, -0.05) is 0 Å². The Labute approximate surface area is 129 Å². The number of terminal acetylenes is 1. The van der Waals surface area contributed by atoms with Crippen molar-refractivity contribution in [3.63, 3.8) is 0 Å². The second-order valence-corrected chi connectivity index (χ2v) is 4.45. The number of ether oxygens (including phenoxy) is 6. The molecule has 0 saturated carbocycles. The van der Waals surface area contributed by atoms with Crippen molar-refractivity contribution in [3.8, 4) is 12.3 Å². The number of aliphatic carboxylic acids is 1. The lowest BCUT2D eigenvalue weighted by atomic mass is 9.98. The van der Waals surface area contributed by atoms with Crippen LogP contribution in [0.25, 0.3) is 0 Å². The summed E-state index contributed by atoms with van der Waals surface area (Å²) in [5.41, 5.74) is 0. The van der Waals surface area contributed by atoms with E-state index in [0.29, 0.717) is 6.61 Å². The minimum absolute atomic E-state index is 0.312. The van der Waals surface area contributed by atoms with Gasteiger partial charge in [-0.05, 0) is 12.8 Å². The third-order valence-electron chi connectivity index (χ3n) is 3.25. The predicted molar refractivity (Wildman–Crippen MR) is 74.0 cm³/mol. The summed E-state index contributed by atoms with van der Waals surface area (Å²) in [5.74, 6) is 1.07. The van der Waals surface area contributed by atoms with Crippen LogP contribution in [0.2, 0.25) is 0 Å². The first-order valence-corrected chi connectivity index (χ1v) is 6.73. The lowest BCUT2D eigenvalue weighted by molar-refractivity contribution is -0.316. The average Bonchev–Trinajstić information content (AvgIpc) is 2.52. The second kappa shape index (κ2) is 9.05. The second-order valence-electron chi connectivity index (χ2n) is 4.45. The van der Waals surface area contributed by atoms with Crippen LogP contribution in [0.1, 0.15) is 6.92 Å². The molecule has 6 atom stereocenters. The molecule has 1 unspecified atom stereocenters. The molecule has 0 radical (unpaired) electrons. The van der Waals surface area contributed by atoms with Crippen molar-refractivity contribution in [2.75, 3.05) is 27.9 Å². The van der Waals surface area contributed by atoms with Crippen molar-refractivity contribution in [3.05, 3.63) is 0 Å². The third kappa shape index (κ3) is 4.16. The van der Waals surface area contributed by atoms with E-state index in [-0.39, 0.29) is 0 Å². The maximum Gasteiger partial charge on any atom is 0.335 e. The van der Waals surface area contributed by atoms with E-state index in [1.807, 2.05) is 0 Å². The summed E-state index contributed by atoms with van der Waals surface area (Å²) < 4.78 is 31.9. The van der Waals surface area contributed by atoms with Crippen LogP contribution in [0.5, 0.6) is 0 Å². The van der Waals surface area contributed by atoms with Gasteiger partial charge in [0.15, 0.2) is 12.4 Å². The predicted octanol–water partition coefficient (Wildman–Crippen LogP) is -0.147. The van der Waals surface area contributed by atoms with Gasteiger partial charge in [0.25, 0.3) is 0 Å². The lowest BCUT2D eigenvalue weighted by Gasteiger charge is -2.43. The molecule has 126 valence electrons. The normalized spacial score (nSPS) is 33.1. The molecule has 1 heterocycles. The lowest BCUT2D eigenvalue weighted by Crippen LogP contribution is -2.62. The summed E-state index contributed by atoms with van der Waals surface area (Å²) in [7, 11) is 4.23. The molecule has 1 aliphatic heterocycles. The smallest absolute Gasteiger partial charge is 0.335 e. The highest BCUT2D eigenvalue weighted by molar-refractivity contribution is 5.73. The Morgan fingerprint density at radius 2 is 1.86 bits per heavy atom. The highest BCUT2D eigenvalue weighted by Crippen LogP contribution is 2.29. The molecule has 1 N–H and O–H groups in total. The van der Waals surface area contributed by atoms with E-state index in [2.05, 4.69) is 5.92 Å². The number of hydrogen-bond acceptors (Lipinski definition) is 7. The highest BCUT2D eigenvalue weighted by Gasteiger charge is 2.51. The quantitative estimate of drug-likeness (QED) is 0.488. The summed E-state index contributed by atoms with van der Waals surface area (Å²) in [6.45, 7) is 2.05. The van der Waals surface area contributed by atoms with Gasteiger partial charge in [-0.2, -0.15) is 0 Å². The van der Waals surface area contributed by atoms with Crippen LogP contribution in [0, 0.1) is 12.3 Å². The van der Waals surface area contributed by atoms with Crippen molar-refractivity contribution in [1.82, 2.24) is 0 Å². The van der Waals surface area contributed by atoms with Gasteiger partial charge in [0.05, 0.1) is 0 Å². The third-order valence-corrected chi connectivity index (χ3v) is 3.25. The summed E-state index contributed by atoms with van der Waals surface area (Å²) in [6, 6.07) is 0. The van der Waals surface area contributed by atoms with Crippen LogP contribution >= 0.6 is 0 Å². The van der Waals surface area contributed by atoms with Gasteiger partial charge in [-0.15, -0.1) is 6.42 Å². The number of rotatable bonds is 8. The van der Waals surface area contributed by atoms with Crippen LogP contribution in [-0.4, -0.2) is 76.0 Å². The van der Waals surface area contributed by atoms with Crippen molar-refractivity contribution >= 4 is 5.97 Å². The van der Waals surface area contributed by atoms with Crippen molar-refractivity contribution in [2.45, 2.75) is 43.9 Å². The van der Waals surface area contributed by atoms with Gasteiger partial charge in [0, 0.05) is 27.9 Å². The SMILES string of the molecule is C#CC(OCC)O[C@H]1[C@H](OC)[C@@H](OC)[C@@H](OC)O[C@@H]1C(=O)O. The van der Waals surface area contributed by atoms with E-state index < -0.39 is 43.0 Å². The number of carboxylic acid groups (broad SMARTS) is 1. The molecular weight excluding hydrogens is 296 g/mol. The number of carbonyl (C=O) groups is 1. The molecule has 1 rings (SSSR count). The van der Waals surface area contributed by atoms with Crippen molar-refractivity contribution < 1.29 is 38.3 Å². The van der Waals surface area contributed by atoms with E-state index in [0.717, 1.165) is 0 Å². The zero-order chi connectivity index (χ0) is 16.7. The standard InChI is InChI=1S/C14H22O8/c1-6-8(20-7-2)21-10-9(17-3)12(18-4)14(19-5)22-11(10)13(15)16/h1,8-12,14H,7H2,2-5H3,(H,15,16)/t8?,9-,10-,11-,12+,14-/m0/s1. The Bertz CT molecular complexity index is 393. The summed E-state index contributed by atoms with van der Waals surface area (Å²) in [6.07, 6.45) is -0.413. The molecule has 0 spiro atoms. The Morgan fingerprint density at radius 3 is 2.27 bits per heavy atom. The zero-order valence-electron chi connectivity index (χ0n) is 13.1. The van der Waals surface area contributed by atoms with E-state index >= 15 is 0 Å². The first-order chi connectivity index (χ1) is 10.5. The Balaban J connectivity index is 3.04. The van der Waals surface area contributed by atoms with E-state index in [4.69, 9.17) is 34.8 Å². The van der Waals surface area contributed by atoms with Crippen LogP contribution in [-0.2, 0) is 33.2 Å². The Kier molecular flexibility index (Phi) is 7.75. The van der Waals surface area contributed by atoms with Crippen molar-refractivity contribution in [1.29, 1.82) is 0 Å². The average molecular weight is 318 g/mol. The Hall–Kier alpha value is -1.21. The maximum atomic E-state index is 11.5. The monoisotopic (exact) mass is 318 g/mol. The minimum atomic E-state index is -1.34. The fraction of sp³-hybridized carbons (Fsp3) is 0.786. The van der Waals surface area contributed by atoms with Gasteiger partial charge in [0.2, 0.25) is 6.29 Å². The molecule has 0 aromatic carbocycles. The molecule has 1 saturated heterocycles. The van der Waals surface area contributed by atoms with E-state index in [1.54, 1.807) is 6.92 Å². The van der Waals surface area contributed by atoms with Crippen LogP contribution in [0.3, 0.4) is 0 Å². The van der Waals surface area contributed by atoms with E-state index in [1.165, 1.54) is 21.3 Å². The number of methoxy groups -OCH3 is 3. The van der Waals surface area contributed by atoms with Gasteiger partial charge < -0.3 is 33.5 Å². The van der Waals surface area contributed by atoms with Gasteiger partial charge in [0.1, 0.15) is 18.3 Å². The molecule has 1 fully saturated rings. The Morgan fingerprint density at radius 1 is 1.23 bits per heavy atom. The molecule has 1 aliphatic rings. The maximum absolute atomic E-state index is 11.5. The first kappa shape index (κ1) is 18.8. The fourth-order valence-electron chi connectivity index (χ4n) is 2.28. The van der Waals surface area contributed by atoms with Gasteiger partial charge in [-0.3, -0.25) is 0 Å². The zero-order valence-corrected chi connectivity index (χ0v) is 13.1. The fourth-order valence-corrected chi connectivity index (χ4v) is 2.28. The molecule has 0 aromatic heterocycles. The topological polar surface area (TPSA) is 92.7 Å². The molecule has 0 amide bonds. The van der Waals surface area contributed by atoms with Gasteiger partial charge >= 0.3 is 5.97 Å². The molecule has 0 aliphatic carbocycles. The summed E-state index contributed by atoms with van der Waals surface area (Å²) in [5, 5.41) is 9.36. The molecule has 8 nitrogen and oxygen atoms in total. The molecule has 8 heteroatoms. The summed E-state index contributed by atoms with van der Waals surface area (Å²) in [4.78, 5) is 11.5.